The Labute approximate surface area is 140 Å². The summed E-state index contributed by atoms with van der Waals surface area (Å²) in [5, 5.41) is 9.26. The van der Waals surface area contributed by atoms with Crippen LogP contribution in [0.3, 0.4) is 0 Å². The van der Waals surface area contributed by atoms with Crippen LogP contribution in [-0.4, -0.2) is 23.5 Å². The molecule has 122 valence electrons. The zero-order valence-corrected chi connectivity index (χ0v) is 14.0. The second-order valence-electron chi connectivity index (χ2n) is 5.66. The van der Waals surface area contributed by atoms with Crippen LogP contribution in [0.15, 0.2) is 29.6 Å². The summed E-state index contributed by atoms with van der Waals surface area (Å²) in [4.78, 5) is 16.1. The summed E-state index contributed by atoms with van der Waals surface area (Å²) >= 11 is 1.63. The lowest BCUT2D eigenvalue weighted by Gasteiger charge is -2.22. The van der Waals surface area contributed by atoms with E-state index in [4.69, 9.17) is 4.74 Å². The minimum Gasteiger partial charge on any atom is -0.487 e. The Balaban J connectivity index is 1.47. The molecule has 1 aliphatic heterocycles. The molecule has 0 bridgehead atoms. The van der Waals surface area contributed by atoms with Gasteiger partial charge in [0, 0.05) is 18.5 Å². The van der Waals surface area contributed by atoms with Gasteiger partial charge in [0.2, 0.25) is 5.91 Å². The standard InChI is InChI=1S/C17H21N3O2S/c1-12-20-14(11-23-12)10-22-15-6-4-13(5-7-15)9-19-16-3-2-8-18-17(16)21/h4-7,11,16,19H,2-3,8-10H2,1H3,(H,18,21). The molecule has 23 heavy (non-hydrogen) atoms. The van der Waals surface area contributed by atoms with Gasteiger partial charge in [-0.05, 0) is 37.5 Å². The second-order valence-corrected chi connectivity index (χ2v) is 6.72. The molecule has 0 saturated carbocycles. The predicted octanol–water partition coefficient (Wildman–Crippen LogP) is 2.40. The predicted molar refractivity (Wildman–Crippen MR) is 90.5 cm³/mol. The monoisotopic (exact) mass is 331 g/mol. The van der Waals surface area contributed by atoms with Crippen molar-refractivity contribution in [3.05, 3.63) is 45.9 Å². The molecule has 3 rings (SSSR count). The molecule has 0 spiro atoms. The van der Waals surface area contributed by atoms with Crippen LogP contribution in [0.1, 0.15) is 29.1 Å². The van der Waals surface area contributed by atoms with E-state index >= 15 is 0 Å². The van der Waals surface area contributed by atoms with Gasteiger partial charge in [0.25, 0.3) is 0 Å². The van der Waals surface area contributed by atoms with Gasteiger partial charge in [0.05, 0.1) is 16.7 Å². The van der Waals surface area contributed by atoms with Gasteiger partial charge in [-0.2, -0.15) is 0 Å². The molecule has 1 atom stereocenters. The number of hydrogen-bond acceptors (Lipinski definition) is 5. The van der Waals surface area contributed by atoms with E-state index in [1.165, 1.54) is 0 Å². The van der Waals surface area contributed by atoms with E-state index in [-0.39, 0.29) is 11.9 Å². The molecule has 0 aliphatic carbocycles. The van der Waals surface area contributed by atoms with Crippen LogP contribution in [0.5, 0.6) is 5.75 Å². The Morgan fingerprint density at radius 3 is 2.91 bits per heavy atom. The number of ether oxygens (including phenoxy) is 1. The van der Waals surface area contributed by atoms with E-state index in [1.807, 2.05) is 36.6 Å². The molecule has 6 heteroatoms. The van der Waals surface area contributed by atoms with Crippen LogP contribution in [0.4, 0.5) is 0 Å². The van der Waals surface area contributed by atoms with Crippen molar-refractivity contribution in [2.45, 2.75) is 39.0 Å². The summed E-state index contributed by atoms with van der Waals surface area (Å²) in [7, 11) is 0. The van der Waals surface area contributed by atoms with Crippen LogP contribution in [-0.2, 0) is 17.9 Å². The molecule has 1 aliphatic rings. The Kier molecular flexibility index (Phi) is 5.25. The number of aryl methyl sites for hydroxylation is 1. The lowest BCUT2D eigenvalue weighted by atomic mass is 10.1. The summed E-state index contributed by atoms with van der Waals surface area (Å²) < 4.78 is 5.73. The first-order valence-corrected chi connectivity index (χ1v) is 8.72. The first-order valence-electron chi connectivity index (χ1n) is 7.84. The number of rotatable bonds is 6. The van der Waals surface area contributed by atoms with Gasteiger partial charge in [-0.3, -0.25) is 4.79 Å². The Morgan fingerprint density at radius 1 is 1.39 bits per heavy atom. The molecule has 1 unspecified atom stereocenters. The second kappa shape index (κ2) is 7.57. The number of hydrogen-bond donors (Lipinski definition) is 2. The van der Waals surface area contributed by atoms with Gasteiger partial charge in [-0.15, -0.1) is 11.3 Å². The quantitative estimate of drug-likeness (QED) is 0.853. The van der Waals surface area contributed by atoms with Crippen LogP contribution in [0.25, 0.3) is 0 Å². The van der Waals surface area contributed by atoms with Crippen molar-refractivity contribution in [1.29, 1.82) is 0 Å². The smallest absolute Gasteiger partial charge is 0.237 e. The lowest BCUT2D eigenvalue weighted by molar-refractivity contribution is -0.124. The molecular weight excluding hydrogens is 310 g/mol. The number of thiazole rings is 1. The maximum atomic E-state index is 11.7. The third kappa shape index (κ3) is 4.53. The Hall–Kier alpha value is -1.92. The van der Waals surface area contributed by atoms with Crippen molar-refractivity contribution in [3.8, 4) is 5.75 Å². The average Bonchev–Trinajstić information content (AvgIpc) is 2.99. The SMILES string of the molecule is Cc1nc(COc2ccc(CNC3CCCNC3=O)cc2)cs1. The molecule has 5 nitrogen and oxygen atoms in total. The number of nitrogens with zero attached hydrogens (tertiary/aromatic N) is 1. The molecule has 2 heterocycles. The fourth-order valence-electron chi connectivity index (χ4n) is 2.54. The highest BCUT2D eigenvalue weighted by atomic mass is 32.1. The highest BCUT2D eigenvalue weighted by Crippen LogP contribution is 2.16. The van der Waals surface area contributed by atoms with Crippen molar-refractivity contribution in [2.24, 2.45) is 0 Å². The summed E-state index contributed by atoms with van der Waals surface area (Å²) in [5.74, 6) is 0.935. The third-order valence-electron chi connectivity index (χ3n) is 3.81. The summed E-state index contributed by atoms with van der Waals surface area (Å²) in [6.07, 6.45) is 1.94. The first kappa shape index (κ1) is 16.0. The van der Waals surface area contributed by atoms with Crippen molar-refractivity contribution >= 4 is 17.2 Å². The largest absolute Gasteiger partial charge is 0.487 e. The number of aromatic nitrogens is 1. The fourth-order valence-corrected chi connectivity index (χ4v) is 3.14. The molecule has 2 aromatic rings. The van der Waals surface area contributed by atoms with Crippen molar-refractivity contribution < 1.29 is 9.53 Å². The summed E-state index contributed by atoms with van der Waals surface area (Å²) in [6.45, 7) is 3.96. The molecule has 0 radical (unpaired) electrons. The van der Waals surface area contributed by atoms with Gasteiger partial charge in [-0.1, -0.05) is 12.1 Å². The topological polar surface area (TPSA) is 63.2 Å². The normalized spacial score (nSPS) is 17.8. The van der Waals surface area contributed by atoms with Crippen molar-refractivity contribution in [3.63, 3.8) is 0 Å². The lowest BCUT2D eigenvalue weighted by Crippen LogP contribution is -2.47. The number of amides is 1. The number of nitrogens with one attached hydrogen (secondary N) is 2. The fraction of sp³-hybridized carbons (Fsp3) is 0.412. The molecule has 1 saturated heterocycles. The van der Waals surface area contributed by atoms with Gasteiger partial charge < -0.3 is 15.4 Å². The van der Waals surface area contributed by atoms with Crippen molar-refractivity contribution in [2.75, 3.05) is 6.54 Å². The number of carbonyl (C=O) groups excluding carboxylic acids is 1. The number of carbonyl (C=O) groups is 1. The number of piperidine rings is 1. The molecule has 1 aromatic carbocycles. The van der Waals surface area contributed by atoms with E-state index in [2.05, 4.69) is 15.6 Å². The van der Waals surface area contributed by atoms with E-state index in [0.29, 0.717) is 13.2 Å². The molecule has 1 aromatic heterocycles. The summed E-state index contributed by atoms with van der Waals surface area (Å²) in [6, 6.07) is 7.88. The molecule has 2 N–H and O–H groups in total. The maximum Gasteiger partial charge on any atom is 0.237 e. The van der Waals surface area contributed by atoms with Crippen LogP contribution in [0.2, 0.25) is 0 Å². The van der Waals surface area contributed by atoms with Gasteiger partial charge in [0.15, 0.2) is 0 Å². The van der Waals surface area contributed by atoms with Crippen LogP contribution in [0, 0.1) is 6.92 Å². The highest BCUT2D eigenvalue weighted by molar-refractivity contribution is 7.09. The van der Waals surface area contributed by atoms with E-state index in [1.54, 1.807) is 11.3 Å². The Bertz CT molecular complexity index is 654. The molecule has 1 fully saturated rings. The Morgan fingerprint density at radius 2 is 2.22 bits per heavy atom. The van der Waals surface area contributed by atoms with Crippen LogP contribution < -0.4 is 15.4 Å². The third-order valence-corrected chi connectivity index (χ3v) is 4.64. The van der Waals surface area contributed by atoms with E-state index in [9.17, 15) is 4.79 Å². The van der Waals surface area contributed by atoms with Gasteiger partial charge in [0.1, 0.15) is 12.4 Å². The highest BCUT2D eigenvalue weighted by Gasteiger charge is 2.20. The minimum atomic E-state index is -0.0763. The van der Waals surface area contributed by atoms with E-state index < -0.39 is 0 Å². The number of benzene rings is 1. The zero-order valence-electron chi connectivity index (χ0n) is 13.2. The van der Waals surface area contributed by atoms with Gasteiger partial charge in [-0.25, -0.2) is 4.98 Å². The first-order chi connectivity index (χ1) is 11.2. The molecular formula is C17H21N3O2S. The minimum absolute atomic E-state index is 0.0763. The summed E-state index contributed by atoms with van der Waals surface area (Å²) in [5.41, 5.74) is 2.10. The maximum absolute atomic E-state index is 11.7. The molecule has 1 amide bonds. The van der Waals surface area contributed by atoms with Crippen molar-refractivity contribution in [1.82, 2.24) is 15.6 Å². The van der Waals surface area contributed by atoms with Crippen LogP contribution >= 0.6 is 11.3 Å². The zero-order chi connectivity index (χ0) is 16.1. The average molecular weight is 331 g/mol. The van der Waals surface area contributed by atoms with Gasteiger partial charge >= 0.3 is 0 Å². The van der Waals surface area contributed by atoms with E-state index in [0.717, 1.165) is 41.4 Å².